The standard InChI is InChI=1S/C12H15FN2O2/c1-12(2)7(6-14)11(12)10-8(13)4-3-5-9(10)15(16)17/h3-5,7,11H,6,14H2,1-2H3/t7-,11+/m1/s1. The van der Waals surface area contributed by atoms with Gasteiger partial charge in [0.1, 0.15) is 5.82 Å². The predicted molar refractivity (Wildman–Crippen MR) is 62.1 cm³/mol. The first-order valence-electron chi connectivity index (χ1n) is 5.54. The van der Waals surface area contributed by atoms with Crippen LogP contribution in [0.25, 0.3) is 0 Å². The van der Waals surface area contributed by atoms with Gasteiger partial charge in [0.05, 0.1) is 10.5 Å². The number of rotatable bonds is 3. The monoisotopic (exact) mass is 238 g/mol. The molecule has 0 bridgehead atoms. The average Bonchev–Trinajstić information content (AvgIpc) is 2.79. The highest BCUT2D eigenvalue weighted by atomic mass is 19.1. The molecule has 2 N–H and O–H groups in total. The van der Waals surface area contributed by atoms with Gasteiger partial charge in [0.15, 0.2) is 0 Å². The van der Waals surface area contributed by atoms with E-state index in [2.05, 4.69) is 0 Å². The molecule has 5 heteroatoms. The Morgan fingerprint density at radius 2 is 2.18 bits per heavy atom. The van der Waals surface area contributed by atoms with Gasteiger partial charge in [-0.05, 0) is 23.9 Å². The molecule has 1 aliphatic carbocycles. The third kappa shape index (κ3) is 1.70. The van der Waals surface area contributed by atoms with Gasteiger partial charge in [0, 0.05) is 12.0 Å². The topological polar surface area (TPSA) is 69.2 Å². The number of halogens is 1. The maximum Gasteiger partial charge on any atom is 0.275 e. The van der Waals surface area contributed by atoms with Crippen molar-refractivity contribution in [3.63, 3.8) is 0 Å². The van der Waals surface area contributed by atoms with E-state index in [-0.39, 0.29) is 28.5 Å². The molecular weight excluding hydrogens is 223 g/mol. The van der Waals surface area contributed by atoms with Crippen LogP contribution in [-0.2, 0) is 0 Å². The van der Waals surface area contributed by atoms with Crippen molar-refractivity contribution in [2.45, 2.75) is 19.8 Å². The lowest BCUT2D eigenvalue weighted by atomic mass is 10.0. The van der Waals surface area contributed by atoms with Gasteiger partial charge in [-0.15, -0.1) is 0 Å². The highest BCUT2D eigenvalue weighted by Crippen LogP contribution is 2.65. The molecule has 17 heavy (non-hydrogen) atoms. The van der Waals surface area contributed by atoms with E-state index in [1.807, 2.05) is 13.8 Å². The van der Waals surface area contributed by atoms with E-state index >= 15 is 0 Å². The maximum atomic E-state index is 13.8. The summed E-state index contributed by atoms with van der Waals surface area (Å²) in [6.45, 7) is 4.35. The molecule has 2 atom stereocenters. The Kier molecular flexibility index (Phi) is 2.66. The van der Waals surface area contributed by atoms with Crippen LogP contribution in [0.15, 0.2) is 18.2 Å². The molecule has 0 saturated heterocycles. The molecular formula is C12H15FN2O2. The second-order valence-electron chi connectivity index (χ2n) is 5.07. The molecule has 2 rings (SSSR count). The third-order valence-corrected chi connectivity index (χ3v) is 3.84. The second-order valence-corrected chi connectivity index (χ2v) is 5.07. The van der Waals surface area contributed by atoms with Crippen molar-refractivity contribution in [1.82, 2.24) is 0 Å². The van der Waals surface area contributed by atoms with Crippen LogP contribution in [0, 0.1) is 27.3 Å². The summed E-state index contributed by atoms with van der Waals surface area (Å²) in [5.41, 5.74) is 5.52. The Bertz CT molecular complexity index is 474. The van der Waals surface area contributed by atoms with Crippen molar-refractivity contribution >= 4 is 5.69 Å². The van der Waals surface area contributed by atoms with Crippen LogP contribution in [0.1, 0.15) is 25.3 Å². The predicted octanol–water partition coefficient (Wildman–Crippen LogP) is 2.43. The highest BCUT2D eigenvalue weighted by Gasteiger charge is 2.60. The average molecular weight is 238 g/mol. The van der Waals surface area contributed by atoms with Crippen molar-refractivity contribution in [3.8, 4) is 0 Å². The van der Waals surface area contributed by atoms with Gasteiger partial charge in [-0.25, -0.2) is 4.39 Å². The van der Waals surface area contributed by atoms with E-state index in [0.717, 1.165) is 0 Å². The fraction of sp³-hybridized carbons (Fsp3) is 0.500. The van der Waals surface area contributed by atoms with Crippen molar-refractivity contribution < 1.29 is 9.31 Å². The van der Waals surface area contributed by atoms with E-state index in [0.29, 0.717) is 6.54 Å². The minimum absolute atomic E-state index is 0.109. The fourth-order valence-electron chi connectivity index (χ4n) is 2.75. The van der Waals surface area contributed by atoms with E-state index in [9.17, 15) is 14.5 Å². The van der Waals surface area contributed by atoms with Crippen molar-refractivity contribution in [2.24, 2.45) is 17.1 Å². The summed E-state index contributed by atoms with van der Waals surface area (Å²) >= 11 is 0. The van der Waals surface area contributed by atoms with Crippen molar-refractivity contribution in [1.29, 1.82) is 0 Å². The molecule has 0 heterocycles. The first-order valence-corrected chi connectivity index (χ1v) is 5.54. The lowest BCUT2D eigenvalue weighted by Crippen LogP contribution is -2.05. The van der Waals surface area contributed by atoms with E-state index in [1.54, 1.807) is 0 Å². The molecule has 0 aromatic heterocycles. The number of nitrogens with zero attached hydrogens (tertiary/aromatic N) is 1. The number of hydrogen-bond acceptors (Lipinski definition) is 3. The SMILES string of the molecule is CC1(C)[C@H](CN)[C@H]1c1c(F)cccc1[N+](=O)[O-]. The van der Waals surface area contributed by atoms with Crippen molar-refractivity contribution in [2.75, 3.05) is 6.54 Å². The van der Waals surface area contributed by atoms with E-state index < -0.39 is 10.7 Å². The molecule has 1 saturated carbocycles. The van der Waals surface area contributed by atoms with Crippen LogP contribution >= 0.6 is 0 Å². The zero-order valence-electron chi connectivity index (χ0n) is 9.81. The first kappa shape index (κ1) is 12.0. The minimum Gasteiger partial charge on any atom is -0.330 e. The Balaban J connectivity index is 2.50. The summed E-state index contributed by atoms with van der Waals surface area (Å²) in [4.78, 5) is 10.4. The van der Waals surface area contributed by atoms with Crippen LogP contribution < -0.4 is 5.73 Å². The number of nitrogens with two attached hydrogens (primary N) is 1. The molecule has 0 unspecified atom stereocenters. The lowest BCUT2D eigenvalue weighted by molar-refractivity contribution is -0.385. The lowest BCUT2D eigenvalue weighted by Gasteiger charge is -2.05. The van der Waals surface area contributed by atoms with Crippen LogP contribution in [0.5, 0.6) is 0 Å². The minimum atomic E-state index is -0.527. The van der Waals surface area contributed by atoms with Gasteiger partial charge in [0.2, 0.25) is 0 Å². The number of nitro benzene ring substituents is 1. The molecule has 0 aliphatic heterocycles. The first-order chi connectivity index (χ1) is 7.91. The molecule has 0 amide bonds. The van der Waals surface area contributed by atoms with Gasteiger partial charge in [-0.2, -0.15) is 0 Å². The Labute approximate surface area is 98.8 Å². The molecule has 92 valence electrons. The van der Waals surface area contributed by atoms with Crippen LogP contribution in [-0.4, -0.2) is 11.5 Å². The normalized spacial score (nSPS) is 25.6. The molecule has 0 spiro atoms. The zero-order chi connectivity index (χ0) is 12.8. The summed E-state index contributed by atoms with van der Waals surface area (Å²) in [6.07, 6.45) is 0. The largest absolute Gasteiger partial charge is 0.330 e. The number of benzene rings is 1. The fourth-order valence-corrected chi connectivity index (χ4v) is 2.75. The van der Waals surface area contributed by atoms with Crippen LogP contribution in [0.4, 0.5) is 10.1 Å². The van der Waals surface area contributed by atoms with Crippen LogP contribution in [0.3, 0.4) is 0 Å². The maximum absolute atomic E-state index is 13.8. The Morgan fingerprint density at radius 1 is 1.53 bits per heavy atom. The smallest absolute Gasteiger partial charge is 0.275 e. The summed E-state index contributed by atoms with van der Waals surface area (Å²) < 4.78 is 13.8. The van der Waals surface area contributed by atoms with Gasteiger partial charge in [-0.3, -0.25) is 10.1 Å². The van der Waals surface area contributed by atoms with Gasteiger partial charge < -0.3 is 5.73 Å². The molecule has 0 radical (unpaired) electrons. The Morgan fingerprint density at radius 3 is 2.65 bits per heavy atom. The van der Waals surface area contributed by atoms with Gasteiger partial charge in [0.25, 0.3) is 5.69 Å². The van der Waals surface area contributed by atoms with Crippen molar-refractivity contribution in [3.05, 3.63) is 39.7 Å². The van der Waals surface area contributed by atoms with Crippen LogP contribution in [0.2, 0.25) is 0 Å². The van der Waals surface area contributed by atoms with E-state index in [4.69, 9.17) is 5.73 Å². The second kappa shape index (κ2) is 3.77. The Hall–Kier alpha value is -1.49. The van der Waals surface area contributed by atoms with E-state index in [1.165, 1.54) is 18.2 Å². The summed E-state index contributed by atoms with van der Waals surface area (Å²) in [6, 6.07) is 3.98. The highest BCUT2D eigenvalue weighted by molar-refractivity contribution is 5.48. The number of nitro groups is 1. The molecule has 1 fully saturated rings. The summed E-state index contributed by atoms with van der Waals surface area (Å²) in [7, 11) is 0. The summed E-state index contributed by atoms with van der Waals surface area (Å²) in [5.74, 6) is -0.555. The number of hydrogen-bond donors (Lipinski definition) is 1. The van der Waals surface area contributed by atoms with Gasteiger partial charge in [-0.1, -0.05) is 19.9 Å². The zero-order valence-corrected chi connectivity index (χ0v) is 9.81. The molecule has 1 aliphatic rings. The quantitative estimate of drug-likeness (QED) is 0.649. The molecule has 1 aromatic carbocycles. The molecule has 4 nitrogen and oxygen atoms in total. The molecule has 1 aromatic rings. The third-order valence-electron chi connectivity index (χ3n) is 3.84. The van der Waals surface area contributed by atoms with Gasteiger partial charge >= 0.3 is 0 Å². The summed E-state index contributed by atoms with van der Waals surface area (Å²) in [5, 5.41) is 10.9.